The number of carbonyl (C=O) groups is 3. The summed E-state index contributed by atoms with van der Waals surface area (Å²) in [4.78, 5) is 61.3. The highest BCUT2D eigenvalue weighted by Crippen LogP contribution is 2.40. The van der Waals surface area contributed by atoms with Crippen molar-refractivity contribution in [1.29, 1.82) is 0 Å². The average molecular weight is 959 g/mol. The van der Waals surface area contributed by atoms with E-state index in [1.54, 1.807) is 11.1 Å². The molecule has 0 aliphatic carbocycles. The lowest BCUT2D eigenvalue weighted by Crippen LogP contribution is -2.53. The SMILES string of the molecule is CS(=O)(=O)N1CCc2cccc(Nc3nc(Nc4ccc(N5CCC(N6CCN(CCC7CCN(c8ccc9c(c8)CN(C8CCC(=O)NC8=O)C9=O)CC7)CC6)CC5)c(F)c4)nc4[nH]ccc34)c21. The number of hydrogen-bond acceptors (Lipinski definition) is 13. The largest absolute Gasteiger partial charge is 0.372 e. The third-order valence-electron chi connectivity index (χ3n) is 15.3. The van der Waals surface area contributed by atoms with Gasteiger partial charge in [0.05, 0.1) is 28.7 Å². The van der Waals surface area contributed by atoms with Crippen LogP contribution in [0.2, 0.25) is 0 Å². The first-order valence-corrected chi connectivity index (χ1v) is 26.3. The number of aromatic amines is 1. The summed E-state index contributed by atoms with van der Waals surface area (Å²) < 4.78 is 42.5. The number of piperidine rings is 3. The molecule has 3 amide bonds. The molecular weight excluding hydrogens is 900 g/mol. The van der Waals surface area contributed by atoms with Gasteiger partial charge in [0, 0.05) is 101 Å². The van der Waals surface area contributed by atoms with Crippen LogP contribution in [0.3, 0.4) is 0 Å². The number of hydrogen-bond donors (Lipinski definition) is 4. The van der Waals surface area contributed by atoms with Crippen molar-refractivity contribution < 1.29 is 27.2 Å². The Morgan fingerprint density at radius 3 is 2.36 bits per heavy atom. The van der Waals surface area contributed by atoms with Gasteiger partial charge in [-0.2, -0.15) is 9.97 Å². The van der Waals surface area contributed by atoms with Crippen molar-refractivity contribution in [3.05, 3.63) is 89.4 Å². The number of halogens is 1. The Morgan fingerprint density at radius 2 is 1.59 bits per heavy atom. The van der Waals surface area contributed by atoms with Crippen LogP contribution in [0.4, 0.5) is 44.6 Å². The number of aromatic nitrogens is 3. The van der Waals surface area contributed by atoms with Crippen molar-refractivity contribution >= 4 is 79.0 Å². The van der Waals surface area contributed by atoms with E-state index in [1.807, 2.05) is 48.5 Å². The van der Waals surface area contributed by atoms with Gasteiger partial charge in [0.25, 0.3) is 5.91 Å². The van der Waals surface area contributed by atoms with E-state index in [0.717, 1.165) is 107 Å². The molecule has 0 radical (unpaired) electrons. The summed E-state index contributed by atoms with van der Waals surface area (Å²) in [6.45, 7) is 9.70. The molecule has 19 heteroatoms. The van der Waals surface area contributed by atoms with E-state index in [2.05, 4.69) is 51.6 Å². The Bertz CT molecular complexity index is 2910. The number of fused-ring (bicyclic) bond motifs is 3. The molecule has 11 rings (SSSR count). The van der Waals surface area contributed by atoms with E-state index in [9.17, 15) is 22.8 Å². The van der Waals surface area contributed by atoms with Crippen molar-refractivity contribution in [1.82, 2.24) is 35.0 Å². The van der Waals surface area contributed by atoms with Crippen molar-refractivity contribution in [3.8, 4) is 0 Å². The number of amides is 3. The fourth-order valence-electron chi connectivity index (χ4n) is 11.5. The van der Waals surface area contributed by atoms with Crippen LogP contribution < -0.4 is 30.1 Å². The first-order chi connectivity index (χ1) is 33.4. The molecule has 362 valence electrons. The van der Waals surface area contributed by atoms with E-state index < -0.39 is 16.1 Å². The molecule has 1 atom stereocenters. The topological polar surface area (TPSA) is 182 Å². The second-order valence-electron chi connectivity index (χ2n) is 19.5. The van der Waals surface area contributed by atoms with Gasteiger partial charge < -0.3 is 35.2 Å². The molecule has 3 aromatic carbocycles. The molecule has 8 heterocycles. The normalized spacial score (nSPS) is 21.0. The zero-order valence-corrected chi connectivity index (χ0v) is 39.7. The third-order valence-corrected chi connectivity index (χ3v) is 16.5. The van der Waals surface area contributed by atoms with Crippen LogP contribution in [0.25, 0.3) is 11.0 Å². The van der Waals surface area contributed by atoms with Gasteiger partial charge >= 0.3 is 0 Å². The molecule has 0 spiro atoms. The number of rotatable bonds is 12. The van der Waals surface area contributed by atoms with Gasteiger partial charge in [0.2, 0.25) is 27.8 Å². The summed E-state index contributed by atoms with van der Waals surface area (Å²) >= 11 is 0. The number of piperazine rings is 1. The standard InChI is InChI=1S/C50H59FN12O5S/c1-69(67,68)63-24-15-33-3-2-4-41(45(33)63)54-47-39-11-18-52-46(39)56-50(57-47)53-35-5-8-42(40(51)30-35)61-22-16-36(17-23-61)60-27-25-58(26-28-60)19-12-32-13-20-59(21-14-32)37-6-7-38-34(29-37)31-62(49(38)66)43-9-10-44(64)55-48(43)65/h2-8,11,18,29-30,32,36,43H,9-10,12-17,19-28,31H2,1H3,(H,55,64,65)(H3,52,53,54,56,57). The second-order valence-corrected chi connectivity index (χ2v) is 21.4. The Kier molecular flexibility index (Phi) is 12.1. The molecule has 69 heavy (non-hydrogen) atoms. The fraction of sp³-hybridized carbons (Fsp3) is 0.460. The monoisotopic (exact) mass is 958 g/mol. The van der Waals surface area contributed by atoms with Crippen LogP contribution in [-0.2, 0) is 32.6 Å². The van der Waals surface area contributed by atoms with E-state index in [0.29, 0.717) is 77.7 Å². The molecule has 6 aliphatic rings. The lowest BCUT2D eigenvalue weighted by molar-refractivity contribution is -0.136. The van der Waals surface area contributed by atoms with Gasteiger partial charge in [0.15, 0.2) is 0 Å². The maximum Gasteiger partial charge on any atom is 0.255 e. The van der Waals surface area contributed by atoms with E-state index in [4.69, 9.17) is 4.98 Å². The molecule has 4 fully saturated rings. The first-order valence-electron chi connectivity index (χ1n) is 24.4. The maximum atomic E-state index is 15.9. The number of anilines is 7. The highest BCUT2D eigenvalue weighted by molar-refractivity contribution is 7.92. The number of nitrogens with zero attached hydrogens (tertiary/aromatic N) is 8. The Morgan fingerprint density at radius 1 is 0.797 bits per heavy atom. The van der Waals surface area contributed by atoms with Crippen LogP contribution in [0.1, 0.15) is 66.4 Å². The Balaban J connectivity index is 0.627. The van der Waals surface area contributed by atoms with E-state index in [1.165, 1.54) is 23.0 Å². The minimum Gasteiger partial charge on any atom is -0.372 e. The van der Waals surface area contributed by atoms with Gasteiger partial charge in [-0.1, -0.05) is 12.1 Å². The number of nitrogens with one attached hydrogen (secondary N) is 4. The van der Waals surface area contributed by atoms with Crippen molar-refractivity contribution in [2.45, 2.75) is 70.0 Å². The van der Waals surface area contributed by atoms with Gasteiger partial charge in [0.1, 0.15) is 23.3 Å². The van der Waals surface area contributed by atoms with Crippen LogP contribution in [0.5, 0.6) is 0 Å². The summed E-state index contributed by atoms with van der Waals surface area (Å²) in [7, 11) is -3.47. The molecular formula is C50H59FN12O5S. The Labute approximate surface area is 401 Å². The molecule has 0 bridgehead atoms. The van der Waals surface area contributed by atoms with Crippen LogP contribution in [-0.4, -0.2) is 140 Å². The number of carbonyl (C=O) groups excluding carboxylic acids is 3. The predicted octanol–water partition coefficient (Wildman–Crippen LogP) is 5.56. The summed E-state index contributed by atoms with van der Waals surface area (Å²) in [5, 5.41) is 9.68. The fourth-order valence-corrected chi connectivity index (χ4v) is 12.4. The number of para-hydroxylation sites is 1. The van der Waals surface area contributed by atoms with Gasteiger partial charge in [-0.3, -0.25) is 28.9 Å². The number of sulfonamides is 1. The van der Waals surface area contributed by atoms with Gasteiger partial charge in [-0.05, 0) is 117 Å². The first kappa shape index (κ1) is 45.2. The lowest BCUT2D eigenvalue weighted by Gasteiger charge is -2.43. The van der Waals surface area contributed by atoms with E-state index >= 15 is 4.39 Å². The lowest BCUT2D eigenvalue weighted by atomic mass is 9.92. The molecule has 0 saturated carbocycles. The van der Waals surface area contributed by atoms with Crippen molar-refractivity contribution in [3.63, 3.8) is 0 Å². The highest BCUT2D eigenvalue weighted by atomic mass is 32.2. The van der Waals surface area contributed by atoms with Crippen LogP contribution in [0.15, 0.2) is 66.9 Å². The molecule has 5 aromatic rings. The molecule has 17 nitrogen and oxygen atoms in total. The van der Waals surface area contributed by atoms with Crippen LogP contribution >= 0.6 is 0 Å². The minimum absolute atomic E-state index is 0.133. The zero-order valence-electron chi connectivity index (χ0n) is 38.9. The smallest absolute Gasteiger partial charge is 0.255 e. The second kappa shape index (κ2) is 18.5. The van der Waals surface area contributed by atoms with Crippen molar-refractivity contribution in [2.24, 2.45) is 5.92 Å². The highest BCUT2D eigenvalue weighted by Gasteiger charge is 2.40. The summed E-state index contributed by atoms with van der Waals surface area (Å²) in [6.07, 6.45) is 9.69. The molecule has 4 N–H and O–H groups in total. The maximum absolute atomic E-state index is 15.9. The molecule has 6 aliphatic heterocycles. The van der Waals surface area contributed by atoms with Crippen LogP contribution in [0, 0.1) is 11.7 Å². The molecule has 2 aromatic heterocycles. The molecule has 4 saturated heterocycles. The predicted molar refractivity (Wildman–Crippen MR) is 264 cm³/mol. The average Bonchev–Trinajstić information content (AvgIpc) is 4.10. The summed E-state index contributed by atoms with van der Waals surface area (Å²) in [5.74, 6) is 0.346. The van der Waals surface area contributed by atoms with Crippen molar-refractivity contribution in [2.75, 3.05) is 96.4 Å². The van der Waals surface area contributed by atoms with Gasteiger partial charge in [-0.25, -0.2) is 12.8 Å². The minimum atomic E-state index is -3.47. The van der Waals surface area contributed by atoms with E-state index in [-0.39, 0.29) is 35.9 Å². The number of H-pyrrole nitrogens is 1. The van der Waals surface area contributed by atoms with Gasteiger partial charge in [-0.15, -0.1) is 0 Å². The number of imide groups is 1. The summed E-state index contributed by atoms with van der Waals surface area (Å²) in [6, 6.07) is 18.7. The zero-order chi connectivity index (χ0) is 47.4. The summed E-state index contributed by atoms with van der Waals surface area (Å²) in [5.41, 5.74) is 6.62. The Hall–Kier alpha value is -6.31. The number of benzene rings is 3. The third kappa shape index (κ3) is 9.19. The molecule has 1 unspecified atom stereocenters. The quantitative estimate of drug-likeness (QED) is 0.114.